The largest absolute Gasteiger partial charge is 0.487 e. The van der Waals surface area contributed by atoms with Crippen molar-refractivity contribution in [1.82, 2.24) is 19.8 Å². The van der Waals surface area contributed by atoms with Crippen LogP contribution >= 0.6 is 0 Å². The fourth-order valence-corrected chi connectivity index (χ4v) is 6.22. The van der Waals surface area contributed by atoms with Crippen molar-refractivity contribution < 1.29 is 37.4 Å². The fraction of sp³-hybridized carbons (Fsp3) is 0.429. The highest BCUT2D eigenvalue weighted by Crippen LogP contribution is 2.28. The van der Waals surface area contributed by atoms with E-state index in [2.05, 4.69) is 37.2 Å². The molecule has 0 bridgehead atoms. The molecule has 0 aliphatic carbocycles. The summed E-state index contributed by atoms with van der Waals surface area (Å²) < 4.78 is 45.1. The molecule has 1 aliphatic rings. The predicted molar refractivity (Wildman–Crippen MR) is 244 cm³/mol. The SMILES string of the molecule is C=C(F)/C=C(/NC(=O)CCc1cn(C(=O)OC(C)(C)C)c2ccccc12)C(=C)C.CC.CC(C)c1ccc(F)cc1OCc1cccc(N2CCN(C(=O)OC(C)(C)C)CC2)n1. The number of hydrogen-bond acceptors (Lipinski definition) is 8. The molecule has 13 heteroatoms. The molecule has 1 N–H and O–H groups in total. The van der Waals surface area contributed by atoms with Crippen LogP contribution in [0.15, 0.2) is 103 Å². The van der Waals surface area contributed by atoms with Crippen molar-refractivity contribution in [2.75, 3.05) is 31.1 Å². The van der Waals surface area contributed by atoms with Crippen LogP contribution in [-0.4, -0.2) is 69.9 Å². The number of nitrogens with one attached hydrogen (secondary N) is 1. The zero-order valence-corrected chi connectivity index (χ0v) is 38.4. The van der Waals surface area contributed by atoms with Crippen LogP contribution in [0.2, 0.25) is 0 Å². The van der Waals surface area contributed by atoms with Crippen LogP contribution < -0.4 is 15.0 Å². The van der Waals surface area contributed by atoms with Gasteiger partial charge in [-0.1, -0.05) is 71.2 Å². The third kappa shape index (κ3) is 15.8. The monoisotopic (exact) mass is 857 g/mol. The predicted octanol–water partition coefficient (Wildman–Crippen LogP) is 11.4. The summed E-state index contributed by atoms with van der Waals surface area (Å²) in [6, 6.07) is 17.9. The summed E-state index contributed by atoms with van der Waals surface area (Å²) in [4.78, 5) is 45.7. The van der Waals surface area contributed by atoms with E-state index >= 15 is 0 Å². The fourth-order valence-electron chi connectivity index (χ4n) is 6.22. The molecule has 2 aromatic heterocycles. The number of ether oxygens (including phenoxy) is 3. The van der Waals surface area contributed by atoms with Gasteiger partial charge in [-0.15, -0.1) is 0 Å². The molecule has 1 aliphatic heterocycles. The maximum absolute atomic E-state index is 13.7. The zero-order chi connectivity index (χ0) is 46.4. The molecular formula is C49H65F2N5O6. The van der Waals surface area contributed by atoms with Gasteiger partial charge in [-0.2, -0.15) is 0 Å². The molecule has 0 spiro atoms. The topological polar surface area (TPSA) is 115 Å². The Kier molecular flexibility index (Phi) is 18.5. The molecule has 2 aromatic carbocycles. The van der Waals surface area contributed by atoms with Gasteiger partial charge in [0, 0.05) is 55.9 Å². The standard InChI is InChI=1S/C24H32FN3O3.C23H27FN2O3.C2H6/c1-17(2)20-10-9-18(25)15-21(20)30-16-19-7-6-8-22(26-19)27-11-13-28(14-12-27)23(29)31-24(3,4)5;1-15(2)19(13-16(3)24)25-21(27)12-11-17-14-26(22(28)29-23(4,5)6)20-10-8-7-9-18(17)20;1-2/h6-10,15,17H,11-14,16H2,1-5H3;7-10,13-14H,1,3,11-12H2,2,4-6H3,(H,25,27);1-2H3/b;19-13+;. The number of anilines is 1. The molecule has 0 saturated carbocycles. The lowest BCUT2D eigenvalue weighted by molar-refractivity contribution is -0.120. The Labute approximate surface area is 366 Å². The van der Waals surface area contributed by atoms with Gasteiger partial charge in [-0.25, -0.2) is 23.4 Å². The lowest BCUT2D eigenvalue weighted by Crippen LogP contribution is -2.50. The van der Waals surface area contributed by atoms with Gasteiger partial charge in [-0.3, -0.25) is 9.36 Å². The van der Waals surface area contributed by atoms with Gasteiger partial charge in [0.15, 0.2) is 0 Å². The second kappa shape index (κ2) is 22.7. The van der Waals surface area contributed by atoms with Crippen LogP contribution in [0.4, 0.5) is 24.2 Å². The first kappa shape index (κ1) is 50.4. The number of carbonyl (C=O) groups is 3. The third-order valence-corrected chi connectivity index (χ3v) is 9.06. The Balaban J connectivity index is 0.000000318. The van der Waals surface area contributed by atoms with E-state index in [0.29, 0.717) is 55.1 Å². The van der Waals surface area contributed by atoms with Gasteiger partial charge in [0.25, 0.3) is 0 Å². The summed E-state index contributed by atoms with van der Waals surface area (Å²) in [5.74, 6) is 0.361. The van der Waals surface area contributed by atoms with Gasteiger partial charge in [0.05, 0.1) is 11.2 Å². The number of fused-ring (bicyclic) bond motifs is 1. The van der Waals surface area contributed by atoms with Crippen molar-refractivity contribution in [3.63, 3.8) is 0 Å². The summed E-state index contributed by atoms with van der Waals surface area (Å²) in [7, 11) is 0. The minimum absolute atomic E-state index is 0.158. The zero-order valence-electron chi connectivity index (χ0n) is 38.4. The third-order valence-electron chi connectivity index (χ3n) is 9.06. The molecular weight excluding hydrogens is 793 g/mol. The van der Waals surface area contributed by atoms with Crippen molar-refractivity contribution >= 4 is 34.8 Å². The van der Waals surface area contributed by atoms with Crippen LogP contribution in [0.25, 0.3) is 10.9 Å². The Morgan fingerprint density at radius 3 is 2.11 bits per heavy atom. The number of rotatable bonds is 11. The minimum atomic E-state index is -0.663. The van der Waals surface area contributed by atoms with Crippen LogP contribution in [-0.2, 0) is 27.3 Å². The Morgan fingerprint density at radius 2 is 1.52 bits per heavy atom. The summed E-state index contributed by atoms with van der Waals surface area (Å²) in [6.45, 7) is 30.5. The smallest absolute Gasteiger partial charge is 0.419 e. The van der Waals surface area contributed by atoms with Crippen molar-refractivity contribution in [3.05, 3.63) is 126 Å². The number of piperazine rings is 1. The number of nitrogens with zero attached hydrogens (tertiary/aromatic N) is 4. The molecule has 5 rings (SSSR count). The number of para-hydroxylation sites is 1. The van der Waals surface area contributed by atoms with Crippen molar-refractivity contribution in [1.29, 1.82) is 0 Å². The highest BCUT2D eigenvalue weighted by Gasteiger charge is 2.27. The minimum Gasteiger partial charge on any atom is -0.487 e. The molecule has 1 fully saturated rings. The highest BCUT2D eigenvalue weighted by molar-refractivity contribution is 5.92. The van der Waals surface area contributed by atoms with Crippen molar-refractivity contribution in [2.24, 2.45) is 0 Å². The van der Waals surface area contributed by atoms with Crippen LogP contribution in [0.5, 0.6) is 5.75 Å². The Bertz CT molecular complexity index is 2210. The molecule has 1 saturated heterocycles. The lowest BCUT2D eigenvalue weighted by atomic mass is 10.0. The Morgan fingerprint density at radius 1 is 0.887 bits per heavy atom. The summed E-state index contributed by atoms with van der Waals surface area (Å²) in [6.07, 6.45) is 2.64. The number of amides is 2. The quantitative estimate of drug-likeness (QED) is 0.148. The molecule has 0 radical (unpaired) electrons. The molecule has 336 valence electrons. The van der Waals surface area contributed by atoms with Crippen LogP contribution in [0, 0.1) is 5.82 Å². The average molecular weight is 858 g/mol. The number of halogens is 2. The van der Waals surface area contributed by atoms with E-state index < -0.39 is 23.1 Å². The maximum Gasteiger partial charge on any atom is 0.419 e. The van der Waals surface area contributed by atoms with E-state index in [-0.39, 0.29) is 36.8 Å². The number of pyridine rings is 1. The maximum atomic E-state index is 13.7. The van der Waals surface area contributed by atoms with Gasteiger partial charge in [-0.05, 0) is 108 Å². The summed E-state index contributed by atoms with van der Waals surface area (Å²) >= 11 is 0. The van der Waals surface area contributed by atoms with Gasteiger partial charge in [0.1, 0.15) is 41.0 Å². The molecule has 4 aromatic rings. The van der Waals surface area contributed by atoms with E-state index in [1.54, 1.807) is 44.9 Å². The van der Waals surface area contributed by atoms with E-state index in [1.807, 2.05) is 77.1 Å². The van der Waals surface area contributed by atoms with Gasteiger partial charge < -0.3 is 29.3 Å². The Hall–Kier alpha value is -5.98. The average Bonchev–Trinajstić information content (AvgIpc) is 3.57. The number of aromatic nitrogens is 2. The molecule has 11 nitrogen and oxygen atoms in total. The number of hydrogen-bond donors (Lipinski definition) is 1. The second-order valence-corrected chi connectivity index (χ2v) is 16.9. The van der Waals surface area contributed by atoms with E-state index in [4.69, 9.17) is 19.2 Å². The molecule has 0 atom stereocenters. The first-order valence-corrected chi connectivity index (χ1v) is 21.1. The summed E-state index contributed by atoms with van der Waals surface area (Å²) in [5, 5.41) is 3.52. The van der Waals surface area contributed by atoms with Gasteiger partial charge >= 0.3 is 12.2 Å². The number of carbonyl (C=O) groups excluding carboxylic acids is 3. The number of aryl methyl sites for hydroxylation is 1. The number of benzene rings is 2. The normalized spacial score (nSPS) is 13.0. The lowest BCUT2D eigenvalue weighted by Gasteiger charge is -2.36. The molecule has 2 amide bonds. The van der Waals surface area contributed by atoms with Crippen molar-refractivity contribution in [3.8, 4) is 5.75 Å². The van der Waals surface area contributed by atoms with E-state index in [9.17, 15) is 23.2 Å². The summed E-state index contributed by atoms with van der Waals surface area (Å²) in [5.41, 5.74) is 3.00. The van der Waals surface area contributed by atoms with Crippen LogP contribution in [0.3, 0.4) is 0 Å². The first-order valence-electron chi connectivity index (χ1n) is 21.1. The van der Waals surface area contributed by atoms with Crippen molar-refractivity contribution in [2.45, 2.75) is 113 Å². The first-order chi connectivity index (χ1) is 29.1. The molecule has 62 heavy (non-hydrogen) atoms. The van der Waals surface area contributed by atoms with Crippen LogP contribution in [0.1, 0.15) is 105 Å². The molecule has 0 unspecified atom stereocenters. The molecule has 3 heterocycles. The highest BCUT2D eigenvalue weighted by atomic mass is 19.1. The van der Waals surface area contributed by atoms with E-state index in [1.165, 1.54) is 16.7 Å². The van der Waals surface area contributed by atoms with Gasteiger partial charge in [0.2, 0.25) is 5.91 Å². The number of allylic oxidation sites excluding steroid dienone is 3. The van der Waals surface area contributed by atoms with E-state index in [0.717, 1.165) is 34.1 Å². The second-order valence-electron chi connectivity index (χ2n) is 16.9.